The molecule has 1 atom stereocenters. The van der Waals surface area contributed by atoms with Crippen LogP contribution in [-0.4, -0.2) is 47.8 Å². The third-order valence-electron chi connectivity index (χ3n) is 1.75. The number of nitrogens with zero attached hydrogens (tertiary/aromatic N) is 1. The van der Waals surface area contributed by atoms with Crippen LogP contribution in [0.3, 0.4) is 0 Å². The molecular formula is C9H21NOS. The summed E-state index contributed by atoms with van der Waals surface area (Å²) in [7, 11) is 2.11. The zero-order valence-corrected chi connectivity index (χ0v) is 9.23. The van der Waals surface area contributed by atoms with Crippen molar-refractivity contribution in [1.82, 2.24) is 4.90 Å². The lowest BCUT2D eigenvalue weighted by molar-refractivity contribution is 0.166. The van der Waals surface area contributed by atoms with Crippen LogP contribution in [-0.2, 0) is 0 Å². The Balaban J connectivity index is 3.15. The minimum Gasteiger partial charge on any atom is -0.393 e. The van der Waals surface area contributed by atoms with Gasteiger partial charge < -0.3 is 10.0 Å². The summed E-state index contributed by atoms with van der Waals surface area (Å²) in [5.41, 5.74) is 0. The normalized spacial score (nSPS) is 13.8. The summed E-state index contributed by atoms with van der Waals surface area (Å²) in [5, 5.41) is 9.04. The van der Waals surface area contributed by atoms with Crippen LogP contribution in [0.5, 0.6) is 0 Å². The van der Waals surface area contributed by atoms with E-state index in [2.05, 4.69) is 18.9 Å². The summed E-state index contributed by atoms with van der Waals surface area (Å²) in [5.74, 6) is 2.40. The number of aliphatic hydroxyl groups excluding tert-OH is 1. The molecule has 3 heteroatoms. The summed E-state index contributed by atoms with van der Waals surface area (Å²) in [4.78, 5) is 2.27. The fourth-order valence-electron chi connectivity index (χ4n) is 0.884. The van der Waals surface area contributed by atoms with Crippen LogP contribution >= 0.6 is 11.8 Å². The first-order chi connectivity index (χ1) is 5.66. The maximum atomic E-state index is 9.04. The van der Waals surface area contributed by atoms with Crippen LogP contribution in [0.2, 0.25) is 0 Å². The third kappa shape index (κ3) is 8.37. The van der Waals surface area contributed by atoms with E-state index >= 15 is 0 Å². The predicted molar refractivity (Wildman–Crippen MR) is 56.8 cm³/mol. The predicted octanol–water partition coefficient (Wildman–Crippen LogP) is 1.44. The highest BCUT2D eigenvalue weighted by Gasteiger charge is 2.00. The first-order valence-electron chi connectivity index (χ1n) is 4.61. The van der Waals surface area contributed by atoms with Crippen LogP contribution in [0.1, 0.15) is 20.3 Å². The Bertz CT molecular complexity index is 98.5. The SMILES string of the molecule is CCSCCN(C)CCC(C)O. The van der Waals surface area contributed by atoms with Crippen LogP contribution in [0.4, 0.5) is 0 Å². The highest BCUT2D eigenvalue weighted by atomic mass is 32.2. The van der Waals surface area contributed by atoms with E-state index in [1.807, 2.05) is 18.7 Å². The van der Waals surface area contributed by atoms with Crippen molar-refractivity contribution < 1.29 is 5.11 Å². The van der Waals surface area contributed by atoms with E-state index in [0.717, 1.165) is 19.5 Å². The molecule has 0 spiro atoms. The number of hydrogen-bond donors (Lipinski definition) is 1. The van der Waals surface area contributed by atoms with Gasteiger partial charge in [-0.25, -0.2) is 0 Å². The van der Waals surface area contributed by atoms with Crippen molar-refractivity contribution in [3.63, 3.8) is 0 Å². The van der Waals surface area contributed by atoms with Crippen molar-refractivity contribution in [2.24, 2.45) is 0 Å². The zero-order valence-electron chi connectivity index (χ0n) is 8.42. The molecule has 0 aliphatic carbocycles. The molecule has 0 rings (SSSR count). The lowest BCUT2D eigenvalue weighted by atomic mass is 10.3. The molecule has 1 unspecified atom stereocenters. The summed E-state index contributed by atoms with van der Waals surface area (Å²) in [6.45, 7) is 6.16. The first kappa shape index (κ1) is 12.3. The lowest BCUT2D eigenvalue weighted by Crippen LogP contribution is -2.24. The van der Waals surface area contributed by atoms with E-state index in [0.29, 0.717) is 0 Å². The van der Waals surface area contributed by atoms with Gasteiger partial charge in [0.2, 0.25) is 0 Å². The molecule has 0 heterocycles. The Kier molecular flexibility index (Phi) is 8.07. The van der Waals surface area contributed by atoms with Gasteiger partial charge in [-0.05, 0) is 26.1 Å². The number of hydrogen-bond acceptors (Lipinski definition) is 3. The molecule has 0 saturated carbocycles. The van der Waals surface area contributed by atoms with E-state index < -0.39 is 0 Å². The van der Waals surface area contributed by atoms with Crippen LogP contribution in [0, 0.1) is 0 Å². The Morgan fingerprint density at radius 2 is 2.08 bits per heavy atom. The second-order valence-electron chi connectivity index (χ2n) is 3.14. The molecule has 2 nitrogen and oxygen atoms in total. The molecule has 12 heavy (non-hydrogen) atoms. The molecule has 0 aromatic heterocycles. The molecule has 0 amide bonds. The first-order valence-corrected chi connectivity index (χ1v) is 5.76. The van der Waals surface area contributed by atoms with Crippen molar-refractivity contribution in [2.75, 3.05) is 31.6 Å². The monoisotopic (exact) mass is 191 g/mol. The van der Waals surface area contributed by atoms with Gasteiger partial charge in [0.05, 0.1) is 6.10 Å². The summed E-state index contributed by atoms with van der Waals surface area (Å²) in [6, 6.07) is 0. The maximum absolute atomic E-state index is 9.04. The fourth-order valence-corrected chi connectivity index (χ4v) is 1.61. The Morgan fingerprint density at radius 1 is 1.42 bits per heavy atom. The standard InChI is InChI=1S/C9H21NOS/c1-4-12-8-7-10(3)6-5-9(2)11/h9,11H,4-8H2,1-3H3. The Hall–Kier alpha value is 0.270. The van der Waals surface area contributed by atoms with Gasteiger partial charge in [-0.3, -0.25) is 0 Å². The fraction of sp³-hybridized carbons (Fsp3) is 1.00. The molecule has 0 aliphatic rings. The molecule has 0 fully saturated rings. The molecule has 0 bridgehead atoms. The molecule has 0 saturated heterocycles. The second-order valence-corrected chi connectivity index (χ2v) is 4.53. The average molecular weight is 191 g/mol. The molecule has 0 aliphatic heterocycles. The number of thioether (sulfide) groups is 1. The van der Waals surface area contributed by atoms with Crippen LogP contribution in [0.15, 0.2) is 0 Å². The summed E-state index contributed by atoms with van der Waals surface area (Å²) >= 11 is 1.97. The van der Waals surface area contributed by atoms with Crippen molar-refractivity contribution in [1.29, 1.82) is 0 Å². The molecule has 0 aromatic carbocycles. The van der Waals surface area contributed by atoms with Crippen molar-refractivity contribution >= 4 is 11.8 Å². The summed E-state index contributed by atoms with van der Waals surface area (Å²) in [6.07, 6.45) is 0.721. The molecule has 1 N–H and O–H groups in total. The van der Waals surface area contributed by atoms with Gasteiger partial charge in [-0.2, -0.15) is 11.8 Å². The van der Waals surface area contributed by atoms with E-state index in [1.165, 1.54) is 11.5 Å². The third-order valence-corrected chi connectivity index (χ3v) is 2.63. The van der Waals surface area contributed by atoms with E-state index in [4.69, 9.17) is 5.11 Å². The second kappa shape index (κ2) is 7.90. The Labute approximate surface area is 80.3 Å². The zero-order chi connectivity index (χ0) is 9.40. The van der Waals surface area contributed by atoms with Crippen LogP contribution < -0.4 is 0 Å². The van der Waals surface area contributed by atoms with Gasteiger partial charge in [0, 0.05) is 18.8 Å². The minimum absolute atomic E-state index is 0.161. The number of aliphatic hydroxyl groups is 1. The summed E-state index contributed by atoms with van der Waals surface area (Å²) < 4.78 is 0. The quantitative estimate of drug-likeness (QED) is 0.616. The van der Waals surface area contributed by atoms with Gasteiger partial charge in [-0.15, -0.1) is 0 Å². The smallest absolute Gasteiger partial charge is 0.0524 e. The topological polar surface area (TPSA) is 23.5 Å². The maximum Gasteiger partial charge on any atom is 0.0524 e. The van der Waals surface area contributed by atoms with E-state index in [9.17, 15) is 0 Å². The van der Waals surface area contributed by atoms with Gasteiger partial charge in [-0.1, -0.05) is 6.92 Å². The van der Waals surface area contributed by atoms with E-state index in [-0.39, 0.29) is 6.10 Å². The molecular weight excluding hydrogens is 170 g/mol. The van der Waals surface area contributed by atoms with Gasteiger partial charge in [0.25, 0.3) is 0 Å². The highest BCUT2D eigenvalue weighted by molar-refractivity contribution is 7.99. The minimum atomic E-state index is -0.161. The molecule has 0 aromatic rings. The van der Waals surface area contributed by atoms with E-state index in [1.54, 1.807) is 0 Å². The van der Waals surface area contributed by atoms with Gasteiger partial charge in [0.15, 0.2) is 0 Å². The average Bonchev–Trinajstić information content (AvgIpc) is 2.01. The van der Waals surface area contributed by atoms with Crippen molar-refractivity contribution in [3.8, 4) is 0 Å². The Morgan fingerprint density at radius 3 is 2.58 bits per heavy atom. The van der Waals surface area contributed by atoms with Crippen molar-refractivity contribution in [3.05, 3.63) is 0 Å². The van der Waals surface area contributed by atoms with Crippen LogP contribution in [0.25, 0.3) is 0 Å². The molecule has 0 radical (unpaired) electrons. The van der Waals surface area contributed by atoms with Gasteiger partial charge in [0.1, 0.15) is 0 Å². The number of rotatable bonds is 7. The molecule has 74 valence electrons. The van der Waals surface area contributed by atoms with Gasteiger partial charge >= 0.3 is 0 Å². The lowest BCUT2D eigenvalue weighted by Gasteiger charge is -2.16. The highest BCUT2D eigenvalue weighted by Crippen LogP contribution is 1.99. The largest absolute Gasteiger partial charge is 0.393 e. The van der Waals surface area contributed by atoms with Crippen molar-refractivity contribution in [2.45, 2.75) is 26.4 Å².